The number of methoxy groups -OCH3 is 1. The maximum atomic E-state index is 12.5. The summed E-state index contributed by atoms with van der Waals surface area (Å²) < 4.78 is 10.1. The first kappa shape index (κ1) is 17.9. The highest BCUT2D eigenvalue weighted by molar-refractivity contribution is 5.76. The van der Waals surface area contributed by atoms with E-state index >= 15 is 0 Å². The molecule has 0 bridgehead atoms. The number of aryl methyl sites for hydroxylation is 1. The average molecular weight is 371 g/mol. The Balaban J connectivity index is 1.33. The molecule has 1 fully saturated rings. The summed E-state index contributed by atoms with van der Waals surface area (Å²) in [6, 6.07) is 1.72. The second-order valence-corrected chi connectivity index (χ2v) is 7.35. The molecule has 1 saturated heterocycles. The van der Waals surface area contributed by atoms with Gasteiger partial charge in [0.15, 0.2) is 0 Å². The summed E-state index contributed by atoms with van der Waals surface area (Å²) in [5, 5.41) is 3.76. The predicted octanol–water partition coefficient (Wildman–Crippen LogP) is 1.41. The molecule has 0 N–H and O–H groups in total. The maximum Gasteiger partial charge on any atom is 0.254 e. The van der Waals surface area contributed by atoms with Crippen LogP contribution in [0.3, 0.4) is 0 Å². The number of aromatic nitrogens is 3. The van der Waals surface area contributed by atoms with Crippen molar-refractivity contribution in [2.75, 3.05) is 33.8 Å². The minimum absolute atomic E-state index is 0.132. The summed E-state index contributed by atoms with van der Waals surface area (Å²) in [5.74, 6) is 2.35. The van der Waals surface area contributed by atoms with Gasteiger partial charge in [0.25, 0.3) is 5.88 Å². The zero-order valence-corrected chi connectivity index (χ0v) is 15.8. The van der Waals surface area contributed by atoms with Crippen molar-refractivity contribution in [1.82, 2.24) is 24.9 Å². The Hall–Kier alpha value is -2.48. The van der Waals surface area contributed by atoms with Gasteiger partial charge in [0.05, 0.1) is 7.11 Å². The number of hydrogen-bond acceptors (Lipinski definition) is 7. The number of carbonyl (C=O) groups excluding carboxylic acids is 1. The fourth-order valence-corrected chi connectivity index (χ4v) is 3.76. The third kappa shape index (κ3) is 3.95. The van der Waals surface area contributed by atoms with Crippen molar-refractivity contribution in [2.45, 2.75) is 38.1 Å². The Kier molecular flexibility index (Phi) is 5.07. The first-order valence-corrected chi connectivity index (χ1v) is 9.43. The monoisotopic (exact) mass is 371 g/mol. The van der Waals surface area contributed by atoms with Crippen molar-refractivity contribution >= 4 is 5.91 Å². The summed E-state index contributed by atoms with van der Waals surface area (Å²) in [6.07, 6.45) is 4.79. The van der Waals surface area contributed by atoms with Gasteiger partial charge in [0.1, 0.15) is 11.6 Å². The lowest BCUT2D eigenvalue weighted by molar-refractivity contribution is -0.130. The van der Waals surface area contributed by atoms with Crippen LogP contribution in [-0.4, -0.2) is 64.6 Å². The number of carbonyl (C=O) groups is 1. The molecule has 8 nitrogen and oxygen atoms in total. The fourth-order valence-electron chi connectivity index (χ4n) is 3.76. The van der Waals surface area contributed by atoms with Crippen LogP contribution >= 0.6 is 0 Å². The topological polar surface area (TPSA) is 84.6 Å². The second kappa shape index (κ2) is 7.64. The van der Waals surface area contributed by atoms with Gasteiger partial charge in [-0.1, -0.05) is 0 Å². The smallest absolute Gasteiger partial charge is 0.254 e. The Morgan fingerprint density at radius 2 is 2.30 bits per heavy atom. The summed E-state index contributed by atoms with van der Waals surface area (Å²) in [6.45, 7) is 3.39. The molecular weight excluding hydrogens is 346 g/mol. The predicted molar refractivity (Wildman–Crippen MR) is 97.4 cm³/mol. The summed E-state index contributed by atoms with van der Waals surface area (Å²) in [5.41, 5.74) is 2.39. The molecule has 4 rings (SSSR count). The molecule has 2 aliphatic rings. The Bertz CT molecular complexity index is 821. The molecule has 4 heterocycles. The van der Waals surface area contributed by atoms with Crippen molar-refractivity contribution in [3.63, 3.8) is 0 Å². The number of amides is 1. The molecule has 1 amide bonds. The van der Waals surface area contributed by atoms with E-state index in [9.17, 15) is 4.79 Å². The van der Waals surface area contributed by atoms with Gasteiger partial charge in [0.2, 0.25) is 5.91 Å². The SMILES string of the molecule is COc1cc(CCC(=O)N2CC[C@H](c3ncc4c(n3)CCN(C)C4)C2)on1. The summed E-state index contributed by atoms with van der Waals surface area (Å²) >= 11 is 0. The van der Waals surface area contributed by atoms with Crippen molar-refractivity contribution in [3.8, 4) is 5.88 Å². The first-order chi connectivity index (χ1) is 13.1. The molecule has 27 heavy (non-hydrogen) atoms. The lowest BCUT2D eigenvalue weighted by Gasteiger charge is -2.24. The first-order valence-electron chi connectivity index (χ1n) is 9.43. The fraction of sp³-hybridized carbons (Fsp3) is 0.579. The van der Waals surface area contributed by atoms with E-state index in [-0.39, 0.29) is 11.8 Å². The number of ether oxygens (including phenoxy) is 1. The highest BCUT2D eigenvalue weighted by Crippen LogP contribution is 2.27. The van der Waals surface area contributed by atoms with Gasteiger partial charge in [-0.15, -0.1) is 0 Å². The third-order valence-corrected chi connectivity index (χ3v) is 5.38. The van der Waals surface area contributed by atoms with Gasteiger partial charge in [-0.3, -0.25) is 4.79 Å². The van der Waals surface area contributed by atoms with Crippen LogP contribution in [0.2, 0.25) is 0 Å². The van der Waals surface area contributed by atoms with Crippen LogP contribution in [0.5, 0.6) is 5.88 Å². The van der Waals surface area contributed by atoms with Gasteiger partial charge in [0, 0.05) is 74.9 Å². The van der Waals surface area contributed by atoms with Gasteiger partial charge < -0.3 is 19.1 Å². The van der Waals surface area contributed by atoms with E-state index in [0.29, 0.717) is 31.0 Å². The molecule has 2 aromatic rings. The molecule has 8 heteroatoms. The quantitative estimate of drug-likeness (QED) is 0.785. The average Bonchev–Trinajstić information content (AvgIpc) is 3.35. The Morgan fingerprint density at radius 3 is 3.11 bits per heavy atom. The molecule has 0 saturated carbocycles. The van der Waals surface area contributed by atoms with Crippen molar-refractivity contribution in [3.05, 3.63) is 35.1 Å². The van der Waals surface area contributed by atoms with Crippen LogP contribution in [-0.2, 0) is 24.2 Å². The van der Waals surface area contributed by atoms with Crippen LogP contribution in [0.25, 0.3) is 0 Å². The van der Waals surface area contributed by atoms with E-state index in [4.69, 9.17) is 14.2 Å². The zero-order chi connectivity index (χ0) is 18.8. The van der Waals surface area contributed by atoms with Crippen LogP contribution < -0.4 is 4.74 Å². The highest BCUT2D eigenvalue weighted by Gasteiger charge is 2.30. The van der Waals surface area contributed by atoms with Gasteiger partial charge in [-0.05, 0) is 18.6 Å². The van der Waals surface area contributed by atoms with Gasteiger partial charge in [-0.25, -0.2) is 9.97 Å². The van der Waals surface area contributed by atoms with Crippen LogP contribution in [0, 0.1) is 0 Å². The maximum absolute atomic E-state index is 12.5. The largest absolute Gasteiger partial charge is 0.479 e. The zero-order valence-electron chi connectivity index (χ0n) is 15.8. The number of nitrogens with zero attached hydrogens (tertiary/aromatic N) is 5. The Labute approximate surface area is 158 Å². The molecule has 0 spiro atoms. The molecule has 0 unspecified atom stereocenters. The molecule has 2 aliphatic heterocycles. The van der Waals surface area contributed by atoms with Crippen molar-refractivity contribution in [1.29, 1.82) is 0 Å². The van der Waals surface area contributed by atoms with Crippen molar-refractivity contribution < 1.29 is 14.1 Å². The molecule has 1 atom stereocenters. The van der Waals surface area contributed by atoms with E-state index in [2.05, 4.69) is 22.1 Å². The van der Waals surface area contributed by atoms with Crippen LogP contribution in [0.1, 0.15) is 41.6 Å². The lowest BCUT2D eigenvalue weighted by Crippen LogP contribution is -2.29. The summed E-state index contributed by atoms with van der Waals surface area (Å²) in [7, 11) is 3.66. The molecule has 0 aromatic carbocycles. The number of fused-ring (bicyclic) bond motifs is 1. The Morgan fingerprint density at radius 1 is 1.41 bits per heavy atom. The molecular formula is C19H25N5O3. The van der Waals surface area contributed by atoms with Gasteiger partial charge in [-0.2, -0.15) is 0 Å². The number of rotatable bonds is 5. The number of likely N-dealkylation sites (tertiary alicyclic amines) is 1. The van der Waals surface area contributed by atoms with E-state index in [1.807, 2.05) is 11.1 Å². The minimum Gasteiger partial charge on any atom is -0.479 e. The highest BCUT2D eigenvalue weighted by atomic mass is 16.5. The van der Waals surface area contributed by atoms with E-state index in [0.717, 1.165) is 38.3 Å². The van der Waals surface area contributed by atoms with Crippen LogP contribution in [0.4, 0.5) is 0 Å². The molecule has 0 aliphatic carbocycles. The molecule has 144 valence electrons. The van der Waals surface area contributed by atoms with E-state index < -0.39 is 0 Å². The third-order valence-electron chi connectivity index (χ3n) is 5.38. The molecule has 0 radical (unpaired) electrons. The second-order valence-electron chi connectivity index (χ2n) is 7.35. The van der Waals surface area contributed by atoms with Gasteiger partial charge >= 0.3 is 0 Å². The summed E-state index contributed by atoms with van der Waals surface area (Å²) in [4.78, 5) is 26.1. The van der Waals surface area contributed by atoms with Crippen LogP contribution in [0.15, 0.2) is 16.8 Å². The lowest BCUT2D eigenvalue weighted by atomic mass is 10.1. The normalized spacial score (nSPS) is 19.9. The van der Waals surface area contributed by atoms with E-state index in [1.54, 1.807) is 6.07 Å². The number of likely N-dealkylation sites (N-methyl/N-ethyl adjacent to an activating group) is 1. The van der Waals surface area contributed by atoms with E-state index in [1.165, 1.54) is 18.4 Å². The molecule has 2 aromatic heterocycles. The number of hydrogen-bond donors (Lipinski definition) is 0. The minimum atomic E-state index is 0.132. The standard InChI is InChI=1S/C19H25N5O3/c1-23-7-6-16-14(11-23)10-20-19(21-16)13-5-8-24(12-13)18(25)4-3-15-9-17(26-2)22-27-15/h9-10,13H,3-8,11-12H2,1-2H3/t13-/m0/s1. The van der Waals surface area contributed by atoms with Crippen molar-refractivity contribution in [2.24, 2.45) is 0 Å².